The Balaban J connectivity index is 1.37. The SMILES string of the molecule is O=C(NNC(=O)c1cc2c(s1)CCCC2)c1ccc(S(=O)(=O)N2CCCCCC2)cc1. The molecule has 0 radical (unpaired) electrons. The smallest absolute Gasteiger partial charge is 0.267 e. The largest absolute Gasteiger partial charge is 0.279 e. The fourth-order valence-corrected chi connectivity index (χ4v) is 6.73. The van der Waals surface area contributed by atoms with E-state index in [-0.39, 0.29) is 16.4 Å². The lowest BCUT2D eigenvalue weighted by Crippen LogP contribution is -2.41. The van der Waals surface area contributed by atoms with Crippen LogP contribution in [0.15, 0.2) is 35.2 Å². The second-order valence-electron chi connectivity index (χ2n) is 8.02. The predicted molar refractivity (Wildman–Crippen MR) is 120 cm³/mol. The minimum Gasteiger partial charge on any atom is -0.267 e. The van der Waals surface area contributed by atoms with Gasteiger partial charge in [-0.25, -0.2) is 8.42 Å². The van der Waals surface area contributed by atoms with E-state index in [1.807, 2.05) is 6.07 Å². The fraction of sp³-hybridized carbons (Fsp3) is 0.455. The molecular weight excluding hydrogens is 434 g/mol. The highest BCUT2D eigenvalue weighted by Crippen LogP contribution is 2.29. The van der Waals surface area contributed by atoms with Crippen LogP contribution in [0.5, 0.6) is 0 Å². The van der Waals surface area contributed by atoms with Gasteiger partial charge < -0.3 is 0 Å². The molecule has 1 aromatic heterocycles. The lowest BCUT2D eigenvalue weighted by Gasteiger charge is -2.20. The van der Waals surface area contributed by atoms with Crippen molar-refractivity contribution in [2.45, 2.75) is 56.3 Å². The summed E-state index contributed by atoms with van der Waals surface area (Å²) in [5, 5.41) is 0. The Labute approximate surface area is 186 Å². The average Bonchev–Trinajstić information content (AvgIpc) is 3.02. The molecule has 2 heterocycles. The highest BCUT2D eigenvalue weighted by Gasteiger charge is 2.25. The zero-order valence-electron chi connectivity index (χ0n) is 17.4. The highest BCUT2D eigenvalue weighted by molar-refractivity contribution is 7.89. The first-order valence-electron chi connectivity index (χ1n) is 10.8. The Morgan fingerprint density at radius 2 is 1.48 bits per heavy atom. The van der Waals surface area contributed by atoms with Crippen molar-refractivity contribution in [3.63, 3.8) is 0 Å². The van der Waals surface area contributed by atoms with Crippen LogP contribution in [-0.2, 0) is 22.9 Å². The van der Waals surface area contributed by atoms with Crippen molar-refractivity contribution >= 4 is 33.2 Å². The van der Waals surface area contributed by atoms with Crippen molar-refractivity contribution in [3.8, 4) is 0 Å². The van der Waals surface area contributed by atoms with E-state index in [1.165, 1.54) is 50.3 Å². The molecule has 1 aliphatic heterocycles. The van der Waals surface area contributed by atoms with Gasteiger partial charge in [0, 0.05) is 23.5 Å². The van der Waals surface area contributed by atoms with Gasteiger partial charge in [0.2, 0.25) is 10.0 Å². The van der Waals surface area contributed by atoms with E-state index in [1.54, 1.807) is 0 Å². The summed E-state index contributed by atoms with van der Waals surface area (Å²) in [6.45, 7) is 1.06. The molecular formula is C22H27N3O4S2. The third kappa shape index (κ3) is 4.99. The third-order valence-corrected chi connectivity index (χ3v) is 8.98. The summed E-state index contributed by atoms with van der Waals surface area (Å²) in [4.78, 5) is 26.8. The molecule has 31 heavy (non-hydrogen) atoms. The van der Waals surface area contributed by atoms with Gasteiger partial charge in [-0.3, -0.25) is 20.4 Å². The van der Waals surface area contributed by atoms with Crippen LogP contribution in [0.2, 0.25) is 0 Å². The highest BCUT2D eigenvalue weighted by atomic mass is 32.2. The van der Waals surface area contributed by atoms with Crippen LogP contribution in [0.25, 0.3) is 0 Å². The van der Waals surface area contributed by atoms with E-state index in [0.717, 1.165) is 51.4 Å². The van der Waals surface area contributed by atoms with Crippen LogP contribution in [0, 0.1) is 0 Å². The van der Waals surface area contributed by atoms with Crippen molar-refractivity contribution in [2.75, 3.05) is 13.1 Å². The maximum absolute atomic E-state index is 12.8. The van der Waals surface area contributed by atoms with Crippen molar-refractivity contribution in [1.82, 2.24) is 15.2 Å². The molecule has 1 saturated heterocycles. The summed E-state index contributed by atoms with van der Waals surface area (Å²) >= 11 is 1.48. The first-order chi connectivity index (χ1) is 14.9. The number of carbonyl (C=O) groups is 2. The predicted octanol–water partition coefficient (Wildman–Crippen LogP) is 3.27. The van der Waals surface area contributed by atoms with Crippen LogP contribution in [-0.4, -0.2) is 37.6 Å². The van der Waals surface area contributed by atoms with Crippen molar-refractivity contribution in [3.05, 3.63) is 51.2 Å². The number of hydrogen-bond acceptors (Lipinski definition) is 5. The van der Waals surface area contributed by atoms with Crippen LogP contribution >= 0.6 is 11.3 Å². The quantitative estimate of drug-likeness (QED) is 0.683. The Kier molecular flexibility index (Phi) is 6.74. The summed E-state index contributed by atoms with van der Waals surface area (Å²) in [5.74, 6) is -0.832. The van der Waals surface area contributed by atoms with Crippen molar-refractivity contribution in [1.29, 1.82) is 0 Å². The molecule has 1 aliphatic carbocycles. The second-order valence-corrected chi connectivity index (χ2v) is 11.1. The Morgan fingerprint density at radius 3 is 2.16 bits per heavy atom. The lowest BCUT2D eigenvalue weighted by atomic mass is 9.99. The molecule has 0 atom stereocenters. The first-order valence-corrected chi connectivity index (χ1v) is 13.0. The first kappa shape index (κ1) is 22.0. The van der Waals surface area contributed by atoms with E-state index in [9.17, 15) is 18.0 Å². The summed E-state index contributed by atoms with van der Waals surface area (Å²) in [7, 11) is -3.56. The van der Waals surface area contributed by atoms with Gasteiger partial charge in [0.15, 0.2) is 0 Å². The van der Waals surface area contributed by atoms with E-state index in [4.69, 9.17) is 0 Å². The number of nitrogens with one attached hydrogen (secondary N) is 2. The molecule has 1 aromatic carbocycles. The minimum absolute atomic E-state index is 0.180. The number of thiophene rings is 1. The standard InChI is InChI=1S/C22H27N3O4S2/c26-21(23-24-22(27)20-15-17-7-3-4-8-19(17)30-20)16-9-11-18(12-10-16)31(28,29)25-13-5-1-2-6-14-25/h9-12,15H,1-8,13-14H2,(H,23,26)(H,24,27). The van der Waals surface area contributed by atoms with Crippen molar-refractivity contribution in [2.24, 2.45) is 0 Å². The molecule has 2 amide bonds. The molecule has 9 heteroatoms. The average molecular weight is 462 g/mol. The molecule has 4 rings (SSSR count). The van der Waals surface area contributed by atoms with Gasteiger partial charge >= 0.3 is 0 Å². The molecule has 0 unspecified atom stereocenters. The van der Waals surface area contributed by atoms with E-state index in [0.29, 0.717) is 18.0 Å². The van der Waals surface area contributed by atoms with Gasteiger partial charge in [0.1, 0.15) is 0 Å². The number of hydrazine groups is 1. The molecule has 7 nitrogen and oxygen atoms in total. The molecule has 0 bridgehead atoms. The summed E-state index contributed by atoms with van der Waals surface area (Å²) in [6.07, 6.45) is 8.12. The Bertz CT molecular complexity index is 1030. The molecule has 2 aromatic rings. The number of benzene rings is 1. The number of fused-ring (bicyclic) bond motifs is 1. The molecule has 0 spiro atoms. The summed E-state index contributed by atoms with van der Waals surface area (Å²) in [5.41, 5.74) is 6.38. The van der Waals surface area contributed by atoms with Crippen LogP contribution in [0.4, 0.5) is 0 Å². The van der Waals surface area contributed by atoms with E-state index >= 15 is 0 Å². The number of nitrogens with zero attached hydrogens (tertiary/aromatic N) is 1. The number of sulfonamides is 1. The number of rotatable bonds is 4. The summed E-state index contributed by atoms with van der Waals surface area (Å²) < 4.78 is 27.2. The Hall–Kier alpha value is -2.23. The zero-order valence-corrected chi connectivity index (χ0v) is 19.0. The zero-order chi connectivity index (χ0) is 21.8. The van der Waals surface area contributed by atoms with Gasteiger partial charge in [-0.05, 0) is 74.4 Å². The minimum atomic E-state index is -3.56. The number of hydrogen-bond donors (Lipinski definition) is 2. The summed E-state index contributed by atoms with van der Waals surface area (Å²) in [6, 6.07) is 7.74. The molecule has 166 valence electrons. The monoisotopic (exact) mass is 461 g/mol. The van der Waals surface area contributed by atoms with Gasteiger partial charge in [0.25, 0.3) is 11.8 Å². The third-order valence-electron chi connectivity index (χ3n) is 5.83. The van der Waals surface area contributed by atoms with Crippen LogP contribution in [0.1, 0.15) is 69.0 Å². The second kappa shape index (κ2) is 9.50. The van der Waals surface area contributed by atoms with E-state index in [2.05, 4.69) is 10.9 Å². The molecule has 0 saturated carbocycles. The van der Waals surface area contributed by atoms with E-state index < -0.39 is 15.9 Å². The number of aryl methyl sites for hydroxylation is 2. The normalized spacial score (nSPS) is 17.4. The van der Waals surface area contributed by atoms with Gasteiger partial charge in [-0.1, -0.05) is 12.8 Å². The van der Waals surface area contributed by atoms with Crippen LogP contribution in [0.3, 0.4) is 0 Å². The molecule has 2 N–H and O–H groups in total. The van der Waals surface area contributed by atoms with Crippen LogP contribution < -0.4 is 10.9 Å². The number of amides is 2. The van der Waals surface area contributed by atoms with Gasteiger partial charge in [-0.15, -0.1) is 11.3 Å². The van der Waals surface area contributed by atoms with Gasteiger partial charge in [-0.2, -0.15) is 4.31 Å². The Morgan fingerprint density at radius 1 is 0.839 bits per heavy atom. The topological polar surface area (TPSA) is 95.6 Å². The fourth-order valence-electron chi connectivity index (χ4n) is 4.06. The molecule has 2 aliphatic rings. The maximum atomic E-state index is 12.8. The maximum Gasteiger partial charge on any atom is 0.279 e. The molecule has 1 fully saturated rings. The van der Waals surface area contributed by atoms with Crippen molar-refractivity contribution < 1.29 is 18.0 Å². The lowest BCUT2D eigenvalue weighted by molar-refractivity contribution is 0.0849. The van der Waals surface area contributed by atoms with Gasteiger partial charge in [0.05, 0.1) is 9.77 Å². The number of carbonyl (C=O) groups excluding carboxylic acids is 2.